The number of hydrogen-bond acceptors (Lipinski definition) is 3. The minimum atomic E-state index is 0.332. The number of para-hydroxylation sites is 1. The Bertz CT molecular complexity index is 389. The number of benzene rings is 1. The summed E-state index contributed by atoms with van der Waals surface area (Å²) in [5, 5.41) is 0. The second kappa shape index (κ2) is 5.78. The van der Waals surface area contributed by atoms with Crippen molar-refractivity contribution in [1.29, 1.82) is 0 Å². The molecule has 0 saturated heterocycles. The summed E-state index contributed by atoms with van der Waals surface area (Å²) < 4.78 is 5.25. The van der Waals surface area contributed by atoms with Crippen LogP contribution in [0.2, 0.25) is 0 Å². The summed E-state index contributed by atoms with van der Waals surface area (Å²) in [6, 6.07) is 9.35. The molecule has 0 atom stereocenters. The second-order valence-electron chi connectivity index (χ2n) is 2.91. The summed E-state index contributed by atoms with van der Waals surface area (Å²) in [6.07, 6.45) is 0. The Morgan fingerprint density at radius 2 is 2.07 bits per heavy atom. The van der Waals surface area contributed by atoms with E-state index in [0.29, 0.717) is 18.1 Å². The van der Waals surface area contributed by atoms with E-state index in [1.807, 2.05) is 37.3 Å². The first-order valence-electron chi connectivity index (χ1n) is 4.76. The zero-order valence-corrected chi connectivity index (χ0v) is 8.86. The lowest BCUT2D eigenvalue weighted by Gasteiger charge is -2.04. The van der Waals surface area contributed by atoms with E-state index in [4.69, 9.17) is 4.74 Å². The van der Waals surface area contributed by atoms with Gasteiger partial charge < -0.3 is 4.74 Å². The Balaban J connectivity index is 2.99. The molecule has 1 aromatic rings. The Hall–Kier alpha value is -1.86. The molecule has 0 saturated carbocycles. The lowest BCUT2D eigenvalue weighted by Crippen LogP contribution is -2.06. The van der Waals surface area contributed by atoms with Gasteiger partial charge in [0, 0.05) is 0 Å². The van der Waals surface area contributed by atoms with E-state index in [1.54, 1.807) is 12.9 Å². The minimum absolute atomic E-state index is 0.332. The van der Waals surface area contributed by atoms with Crippen LogP contribution < -0.4 is 0 Å². The molecule has 0 heterocycles. The molecule has 0 aliphatic rings. The SMILES string of the molecule is CCOC(=Nc1ccccc1)C(C)=C=O. The van der Waals surface area contributed by atoms with Gasteiger partial charge >= 0.3 is 0 Å². The van der Waals surface area contributed by atoms with Gasteiger partial charge in [-0.05, 0) is 26.0 Å². The van der Waals surface area contributed by atoms with Crippen LogP contribution in [0.15, 0.2) is 40.9 Å². The molecule has 1 rings (SSSR count). The molecule has 0 unspecified atom stereocenters. The van der Waals surface area contributed by atoms with Gasteiger partial charge in [0.1, 0.15) is 5.94 Å². The van der Waals surface area contributed by atoms with E-state index in [9.17, 15) is 4.79 Å². The van der Waals surface area contributed by atoms with Crippen LogP contribution in [0.4, 0.5) is 5.69 Å². The quantitative estimate of drug-likeness (QED) is 0.430. The van der Waals surface area contributed by atoms with Crippen molar-refractivity contribution in [2.24, 2.45) is 4.99 Å². The Morgan fingerprint density at radius 1 is 1.40 bits per heavy atom. The topological polar surface area (TPSA) is 38.7 Å². The highest BCUT2D eigenvalue weighted by molar-refractivity contribution is 6.01. The zero-order valence-electron chi connectivity index (χ0n) is 8.86. The molecular weight excluding hydrogens is 190 g/mol. The third-order valence-corrected chi connectivity index (χ3v) is 1.74. The normalized spacial score (nSPS) is 10.7. The van der Waals surface area contributed by atoms with Crippen molar-refractivity contribution in [1.82, 2.24) is 0 Å². The summed E-state index contributed by atoms with van der Waals surface area (Å²) in [5.74, 6) is 2.11. The maximum Gasteiger partial charge on any atom is 0.228 e. The number of hydrogen-bond donors (Lipinski definition) is 0. The van der Waals surface area contributed by atoms with Crippen molar-refractivity contribution in [3.05, 3.63) is 35.9 Å². The molecule has 0 amide bonds. The lowest BCUT2D eigenvalue weighted by atomic mass is 10.3. The van der Waals surface area contributed by atoms with E-state index < -0.39 is 0 Å². The maximum atomic E-state index is 10.5. The smallest absolute Gasteiger partial charge is 0.228 e. The Morgan fingerprint density at radius 3 is 2.60 bits per heavy atom. The lowest BCUT2D eigenvalue weighted by molar-refractivity contribution is 0.328. The van der Waals surface area contributed by atoms with Gasteiger partial charge in [-0.15, -0.1) is 0 Å². The summed E-state index contributed by atoms with van der Waals surface area (Å²) in [5.41, 5.74) is 1.14. The molecule has 78 valence electrons. The first-order chi connectivity index (χ1) is 7.27. The molecule has 0 N–H and O–H groups in total. The highest BCUT2D eigenvalue weighted by Gasteiger charge is 2.03. The Kier molecular flexibility index (Phi) is 4.32. The highest BCUT2D eigenvalue weighted by atomic mass is 16.5. The van der Waals surface area contributed by atoms with Gasteiger partial charge in [0.15, 0.2) is 0 Å². The van der Waals surface area contributed by atoms with Crippen molar-refractivity contribution in [2.75, 3.05) is 6.61 Å². The predicted molar refractivity (Wildman–Crippen MR) is 60.0 cm³/mol. The van der Waals surface area contributed by atoms with E-state index in [0.717, 1.165) is 5.69 Å². The van der Waals surface area contributed by atoms with E-state index >= 15 is 0 Å². The van der Waals surface area contributed by atoms with Crippen molar-refractivity contribution >= 4 is 17.5 Å². The fourth-order valence-electron chi connectivity index (χ4n) is 1.02. The zero-order chi connectivity index (χ0) is 11.1. The van der Waals surface area contributed by atoms with Crippen LogP contribution in [0.3, 0.4) is 0 Å². The van der Waals surface area contributed by atoms with Crippen LogP contribution in [-0.4, -0.2) is 18.4 Å². The number of aliphatic imine (C=N–C) groups is 1. The molecule has 0 spiro atoms. The summed E-state index contributed by atoms with van der Waals surface area (Å²) in [4.78, 5) is 14.7. The van der Waals surface area contributed by atoms with Crippen molar-refractivity contribution in [2.45, 2.75) is 13.8 Å². The van der Waals surface area contributed by atoms with Crippen LogP contribution in [0.25, 0.3) is 0 Å². The standard InChI is InChI=1S/C12H13NO2/c1-3-15-12(10(2)9-14)13-11-7-5-4-6-8-11/h4-8H,3H2,1-2H3. The third kappa shape index (κ3) is 3.41. The van der Waals surface area contributed by atoms with Gasteiger partial charge in [-0.2, -0.15) is 0 Å². The summed E-state index contributed by atoms with van der Waals surface area (Å²) in [7, 11) is 0. The number of nitrogens with zero attached hydrogens (tertiary/aromatic N) is 1. The molecule has 0 aliphatic carbocycles. The maximum absolute atomic E-state index is 10.5. The van der Waals surface area contributed by atoms with Gasteiger partial charge in [-0.25, -0.2) is 9.79 Å². The average molecular weight is 203 g/mol. The van der Waals surface area contributed by atoms with Gasteiger partial charge in [-0.3, -0.25) is 0 Å². The molecule has 3 nitrogen and oxygen atoms in total. The van der Waals surface area contributed by atoms with Crippen molar-refractivity contribution in [3.63, 3.8) is 0 Å². The summed E-state index contributed by atoms with van der Waals surface area (Å²) in [6.45, 7) is 3.95. The molecule has 0 bridgehead atoms. The molecule has 1 aromatic carbocycles. The van der Waals surface area contributed by atoms with Crippen LogP contribution in [0, 0.1) is 0 Å². The summed E-state index contributed by atoms with van der Waals surface area (Å²) >= 11 is 0. The molecule has 0 aliphatic heterocycles. The van der Waals surface area contributed by atoms with Gasteiger partial charge in [0.2, 0.25) is 5.90 Å². The van der Waals surface area contributed by atoms with Crippen LogP contribution in [0.1, 0.15) is 13.8 Å². The van der Waals surface area contributed by atoms with Crippen LogP contribution in [-0.2, 0) is 9.53 Å². The fourth-order valence-corrected chi connectivity index (χ4v) is 1.02. The molecule has 0 aromatic heterocycles. The van der Waals surface area contributed by atoms with Gasteiger partial charge in [-0.1, -0.05) is 18.2 Å². The molecule has 15 heavy (non-hydrogen) atoms. The fraction of sp³-hybridized carbons (Fsp3) is 0.250. The van der Waals surface area contributed by atoms with E-state index in [1.165, 1.54) is 0 Å². The number of carbonyl (C=O) groups excluding carboxylic acids is 1. The first-order valence-corrected chi connectivity index (χ1v) is 4.76. The van der Waals surface area contributed by atoms with Gasteiger partial charge in [0.25, 0.3) is 0 Å². The predicted octanol–water partition coefficient (Wildman–Crippen LogP) is 2.53. The monoisotopic (exact) mass is 203 g/mol. The van der Waals surface area contributed by atoms with E-state index in [2.05, 4.69) is 4.99 Å². The second-order valence-corrected chi connectivity index (χ2v) is 2.91. The molecular formula is C12H13NO2. The number of rotatable bonds is 3. The number of ether oxygens (including phenoxy) is 1. The Labute approximate surface area is 89.1 Å². The van der Waals surface area contributed by atoms with Crippen molar-refractivity contribution in [3.8, 4) is 0 Å². The first kappa shape index (κ1) is 11.2. The van der Waals surface area contributed by atoms with Crippen molar-refractivity contribution < 1.29 is 9.53 Å². The molecule has 0 fully saturated rings. The van der Waals surface area contributed by atoms with Crippen LogP contribution in [0.5, 0.6) is 0 Å². The molecule has 0 radical (unpaired) electrons. The van der Waals surface area contributed by atoms with Crippen LogP contribution >= 0.6 is 0 Å². The highest BCUT2D eigenvalue weighted by Crippen LogP contribution is 2.12. The minimum Gasteiger partial charge on any atom is -0.477 e. The third-order valence-electron chi connectivity index (χ3n) is 1.74. The van der Waals surface area contributed by atoms with Gasteiger partial charge in [0.05, 0.1) is 17.9 Å². The largest absolute Gasteiger partial charge is 0.477 e. The average Bonchev–Trinajstić information content (AvgIpc) is 2.29. The van der Waals surface area contributed by atoms with E-state index in [-0.39, 0.29) is 0 Å². The molecule has 3 heteroatoms.